The normalized spacial score (nSPS) is 16.0. The lowest BCUT2D eigenvalue weighted by Gasteiger charge is -2.36. The fraction of sp³-hybridized carbons (Fsp3) is 0.250. The van der Waals surface area contributed by atoms with E-state index in [1.54, 1.807) is 18.2 Å². The number of phenolic OH excluding ortho intramolecular Hbond substituents is 1. The lowest BCUT2D eigenvalue weighted by Crippen LogP contribution is -2.45. The Morgan fingerprint density at radius 2 is 1.88 bits per heavy atom. The monoisotopic (exact) mass is 478 g/mol. The SMILES string of the molecule is O=C(c1cc2ccccc2s1)N(c1cccc(O)c1)C1CCN(I)CC1. The third-order valence-electron chi connectivity index (χ3n) is 4.74. The van der Waals surface area contributed by atoms with Gasteiger partial charge in [0.2, 0.25) is 0 Å². The van der Waals surface area contributed by atoms with Crippen molar-refractivity contribution >= 4 is 55.9 Å². The Hall–Kier alpha value is -1.64. The van der Waals surface area contributed by atoms with Gasteiger partial charge in [-0.25, -0.2) is 3.11 Å². The number of rotatable bonds is 3. The fourth-order valence-corrected chi connectivity index (χ4v) is 4.99. The van der Waals surface area contributed by atoms with E-state index in [1.807, 2.05) is 41.3 Å². The van der Waals surface area contributed by atoms with E-state index in [2.05, 4.69) is 26.0 Å². The number of aromatic hydroxyl groups is 1. The molecule has 0 spiro atoms. The number of carbonyl (C=O) groups excluding carboxylic acids is 1. The number of hydrogen-bond donors (Lipinski definition) is 1. The topological polar surface area (TPSA) is 43.8 Å². The van der Waals surface area contributed by atoms with Crippen LogP contribution in [0, 0.1) is 0 Å². The van der Waals surface area contributed by atoms with Gasteiger partial charge in [0.25, 0.3) is 5.91 Å². The van der Waals surface area contributed by atoms with Crippen LogP contribution < -0.4 is 4.90 Å². The maximum atomic E-state index is 13.4. The van der Waals surface area contributed by atoms with Gasteiger partial charge in [0, 0.05) is 58.4 Å². The van der Waals surface area contributed by atoms with Crippen molar-refractivity contribution in [2.45, 2.75) is 18.9 Å². The third-order valence-corrected chi connectivity index (χ3v) is 6.81. The summed E-state index contributed by atoms with van der Waals surface area (Å²) >= 11 is 3.87. The van der Waals surface area contributed by atoms with Gasteiger partial charge in [-0.2, -0.15) is 0 Å². The minimum atomic E-state index is 0.0173. The molecule has 0 atom stereocenters. The first kappa shape index (κ1) is 17.8. The second-order valence-corrected chi connectivity index (χ2v) is 8.93. The number of halogens is 1. The van der Waals surface area contributed by atoms with Crippen molar-refractivity contribution in [2.75, 3.05) is 18.0 Å². The lowest BCUT2D eigenvalue weighted by atomic mass is 10.0. The van der Waals surface area contributed by atoms with E-state index in [4.69, 9.17) is 0 Å². The van der Waals surface area contributed by atoms with Gasteiger partial charge in [0.1, 0.15) is 5.75 Å². The third kappa shape index (κ3) is 3.58. The summed E-state index contributed by atoms with van der Waals surface area (Å²) in [6.07, 6.45) is 1.85. The number of anilines is 1. The van der Waals surface area contributed by atoms with Crippen molar-refractivity contribution in [2.24, 2.45) is 0 Å². The van der Waals surface area contributed by atoms with E-state index >= 15 is 0 Å². The summed E-state index contributed by atoms with van der Waals surface area (Å²) in [5.41, 5.74) is 0.763. The molecule has 134 valence electrons. The number of fused-ring (bicyclic) bond motifs is 1. The molecule has 1 aliphatic heterocycles. The molecule has 4 nitrogen and oxygen atoms in total. The molecular weight excluding hydrogens is 459 g/mol. The van der Waals surface area contributed by atoms with Gasteiger partial charge < -0.3 is 10.0 Å². The van der Waals surface area contributed by atoms with Crippen molar-refractivity contribution < 1.29 is 9.90 Å². The highest BCUT2D eigenvalue weighted by Gasteiger charge is 2.30. The van der Waals surface area contributed by atoms with Crippen molar-refractivity contribution in [1.82, 2.24) is 3.11 Å². The molecule has 1 aliphatic rings. The molecule has 0 aliphatic carbocycles. The van der Waals surface area contributed by atoms with Crippen LogP contribution in [-0.4, -0.2) is 33.3 Å². The number of nitrogens with zero attached hydrogens (tertiary/aromatic N) is 2. The molecule has 26 heavy (non-hydrogen) atoms. The van der Waals surface area contributed by atoms with Crippen molar-refractivity contribution in [3.05, 3.63) is 59.5 Å². The number of thiophene rings is 1. The molecule has 1 aromatic heterocycles. The number of hydrogen-bond acceptors (Lipinski definition) is 4. The average molecular weight is 478 g/mol. The van der Waals surface area contributed by atoms with Crippen LogP contribution >= 0.6 is 34.2 Å². The molecule has 2 heterocycles. The van der Waals surface area contributed by atoms with Crippen LogP contribution in [-0.2, 0) is 0 Å². The summed E-state index contributed by atoms with van der Waals surface area (Å²) in [5, 5.41) is 11.0. The molecule has 0 bridgehead atoms. The quantitative estimate of drug-likeness (QED) is 0.423. The molecule has 0 radical (unpaired) electrons. The zero-order chi connectivity index (χ0) is 18.1. The summed E-state index contributed by atoms with van der Waals surface area (Å²) in [6.45, 7) is 1.92. The molecule has 1 fully saturated rings. The zero-order valence-electron chi connectivity index (χ0n) is 14.1. The first-order valence-corrected chi connectivity index (χ1v) is 10.4. The predicted octanol–water partition coefficient (Wildman–Crippen LogP) is 5.07. The summed E-state index contributed by atoms with van der Waals surface area (Å²) in [7, 11) is 0. The van der Waals surface area contributed by atoms with Crippen molar-refractivity contribution in [3.63, 3.8) is 0 Å². The summed E-state index contributed by atoms with van der Waals surface area (Å²) in [6, 6.07) is 17.2. The van der Waals surface area contributed by atoms with E-state index in [-0.39, 0.29) is 17.7 Å². The van der Waals surface area contributed by atoms with E-state index in [0.717, 1.165) is 46.6 Å². The largest absolute Gasteiger partial charge is 0.508 e. The maximum absolute atomic E-state index is 13.4. The Morgan fingerprint density at radius 3 is 2.62 bits per heavy atom. The van der Waals surface area contributed by atoms with Crippen LogP contribution in [0.1, 0.15) is 22.5 Å². The number of piperidine rings is 1. The van der Waals surface area contributed by atoms with E-state index in [1.165, 1.54) is 11.3 Å². The summed E-state index contributed by atoms with van der Waals surface area (Å²) in [5.74, 6) is 0.201. The maximum Gasteiger partial charge on any atom is 0.268 e. The highest BCUT2D eigenvalue weighted by molar-refractivity contribution is 14.1. The Bertz CT molecular complexity index is 901. The minimum Gasteiger partial charge on any atom is -0.508 e. The molecule has 6 heteroatoms. The lowest BCUT2D eigenvalue weighted by molar-refractivity contribution is 0.0973. The minimum absolute atomic E-state index is 0.0173. The van der Waals surface area contributed by atoms with Crippen LogP contribution in [0.5, 0.6) is 5.75 Å². The molecule has 4 rings (SSSR count). The second kappa shape index (κ2) is 7.54. The first-order chi connectivity index (χ1) is 12.6. The highest BCUT2D eigenvalue weighted by Crippen LogP contribution is 2.32. The number of amides is 1. The van der Waals surface area contributed by atoms with Gasteiger partial charge >= 0.3 is 0 Å². The first-order valence-electron chi connectivity index (χ1n) is 8.64. The number of carbonyl (C=O) groups is 1. The molecule has 0 saturated carbocycles. The van der Waals surface area contributed by atoms with E-state index < -0.39 is 0 Å². The Labute approximate surface area is 170 Å². The van der Waals surface area contributed by atoms with Crippen LogP contribution in [0.2, 0.25) is 0 Å². The van der Waals surface area contributed by atoms with Gasteiger partial charge in [0.15, 0.2) is 0 Å². The molecule has 3 aromatic rings. The van der Waals surface area contributed by atoms with Crippen LogP contribution in [0.4, 0.5) is 5.69 Å². The fourth-order valence-electron chi connectivity index (χ4n) is 3.44. The zero-order valence-corrected chi connectivity index (χ0v) is 17.1. The summed E-state index contributed by atoms with van der Waals surface area (Å²) < 4.78 is 3.38. The summed E-state index contributed by atoms with van der Waals surface area (Å²) in [4.78, 5) is 16.1. The van der Waals surface area contributed by atoms with Gasteiger partial charge in [0.05, 0.1) is 4.88 Å². The second-order valence-electron chi connectivity index (χ2n) is 6.48. The molecule has 2 aromatic carbocycles. The average Bonchev–Trinajstić information content (AvgIpc) is 3.08. The Balaban J connectivity index is 1.72. The molecule has 0 unspecified atom stereocenters. The van der Waals surface area contributed by atoms with Crippen LogP contribution in [0.3, 0.4) is 0 Å². The van der Waals surface area contributed by atoms with E-state index in [0.29, 0.717) is 0 Å². The van der Waals surface area contributed by atoms with Gasteiger partial charge in [-0.15, -0.1) is 11.3 Å². The van der Waals surface area contributed by atoms with Gasteiger partial charge in [-0.1, -0.05) is 24.3 Å². The molecular formula is C20H19IN2O2S. The van der Waals surface area contributed by atoms with Gasteiger partial charge in [-0.3, -0.25) is 4.79 Å². The smallest absolute Gasteiger partial charge is 0.268 e. The van der Waals surface area contributed by atoms with Crippen molar-refractivity contribution in [3.8, 4) is 5.75 Å². The highest BCUT2D eigenvalue weighted by atomic mass is 127. The van der Waals surface area contributed by atoms with E-state index in [9.17, 15) is 9.90 Å². The molecule has 1 saturated heterocycles. The standard InChI is InChI=1S/C20H19IN2O2S/c21-22-10-8-15(9-11-22)23(16-5-3-6-17(24)13-16)20(25)19-12-14-4-1-2-7-18(14)26-19/h1-7,12-13,15,24H,8-11H2. The van der Waals surface area contributed by atoms with Crippen LogP contribution in [0.15, 0.2) is 54.6 Å². The number of phenols is 1. The molecule has 1 N–H and O–H groups in total. The predicted molar refractivity (Wildman–Crippen MR) is 115 cm³/mol. The van der Waals surface area contributed by atoms with Gasteiger partial charge in [-0.05, 0) is 42.5 Å². The van der Waals surface area contributed by atoms with Crippen LogP contribution in [0.25, 0.3) is 10.1 Å². The van der Waals surface area contributed by atoms with Crippen molar-refractivity contribution in [1.29, 1.82) is 0 Å². The number of benzene rings is 2. The molecule has 1 amide bonds. The Morgan fingerprint density at radius 1 is 1.12 bits per heavy atom. The Kier molecular flexibility index (Phi) is 5.15.